The van der Waals surface area contributed by atoms with E-state index >= 15 is 0 Å². The van der Waals surface area contributed by atoms with Crippen LogP contribution in [0, 0.1) is 0 Å². The molecule has 1 amide bonds. The third-order valence-electron chi connectivity index (χ3n) is 2.47. The van der Waals surface area contributed by atoms with Gasteiger partial charge in [0.15, 0.2) is 0 Å². The largest absolute Gasteiger partial charge is 0.444 e. The maximum absolute atomic E-state index is 11.8. The molecule has 5 nitrogen and oxygen atoms in total. The first-order valence-corrected chi connectivity index (χ1v) is 5.51. The summed E-state index contributed by atoms with van der Waals surface area (Å²) >= 11 is 0. The summed E-state index contributed by atoms with van der Waals surface area (Å²) in [5.74, 6) is 0. The molecule has 2 N–H and O–H groups in total. The normalized spacial score (nSPS) is 25.9. The second-order valence-electron chi connectivity index (χ2n) is 5.45. The fraction of sp³-hybridized carbons (Fsp3) is 0.909. The van der Waals surface area contributed by atoms with Crippen molar-refractivity contribution in [2.24, 2.45) is 5.73 Å². The quantitative estimate of drug-likeness (QED) is 0.767. The maximum Gasteiger partial charge on any atom is 0.410 e. The van der Waals surface area contributed by atoms with Crippen molar-refractivity contribution in [1.29, 1.82) is 0 Å². The highest BCUT2D eigenvalue weighted by molar-refractivity contribution is 5.68. The molecule has 1 atom stereocenters. The zero-order chi connectivity index (χ0) is 12.4. The van der Waals surface area contributed by atoms with Crippen LogP contribution in [0.4, 0.5) is 4.79 Å². The summed E-state index contributed by atoms with van der Waals surface area (Å²) in [6, 6.07) is 0. The number of nitrogens with two attached hydrogens (primary N) is 1. The highest BCUT2D eigenvalue weighted by Crippen LogP contribution is 2.21. The van der Waals surface area contributed by atoms with Gasteiger partial charge in [-0.05, 0) is 27.2 Å². The summed E-state index contributed by atoms with van der Waals surface area (Å²) in [6.45, 7) is 7.15. The topological polar surface area (TPSA) is 64.8 Å². The predicted molar refractivity (Wildman–Crippen MR) is 61.2 cm³/mol. The van der Waals surface area contributed by atoms with Gasteiger partial charge in [0, 0.05) is 20.2 Å². The van der Waals surface area contributed by atoms with E-state index in [9.17, 15) is 4.79 Å². The molecule has 0 bridgehead atoms. The van der Waals surface area contributed by atoms with Crippen molar-refractivity contribution in [2.75, 3.05) is 26.8 Å². The lowest BCUT2D eigenvalue weighted by Crippen LogP contribution is -2.48. The van der Waals surface area contributed by atoms with Gasteiger partial charge in [0.25, 0.3) is 0 Å². The molecular weight excluding hydrogens is 208 g/mol. The van der Waals surface area contributed by atoms with Crippen LogP contribution < -0.4 is 5.73 Å². The van der Waals surface area contributed by atoms with E-state index in [4.69, 9.17) is 15.2 Å². The minimum Gasteiger partial charge on any atom is -0.444 e. The molecular formula is C11H22N2O3. The van der Waals surface area contributed by atoms with Gasteiger partial charge < -0.3 is 20.1 Å². The fourth-order valence-corrected chi connectivity index (χ4v) is 1.78. The predicted octanol–water partition coefficient (Wildman–Crippen LogP) is 0.971. The van der Waals surface area contributed by atoms with Gasteiger partial charge >= 0.3 is 6.09 Å². The summed E-state index contributed by atoms with van der Waals surface area (Å²) in [5.41, 5.74) is 5.20. The molecule has 0 radical (unpaired) electrons. The summed E-state index contributed by atoms with van der Waals surface area (Å²) in [7, 11) is 1.62. The van der Waals surface area contributed by atoms with Gasteiger partial charge in [0.05, 0.1) is 12.1 Å². The smallest absolute Gasteiger partial charge is 0.410 e. The number of rotatable bonds is 2. The molecule has 0 spiro atoms. The molecule has 16 heavy (non-hydrogen) atoms. The molecule has 1 aliphatic rings. The second kappa shape index (κ2) is 4.59. The van der Waals surface area contributed by atoms with Gasteiger partial charge in [0.2, 0.25) is 0 Å². The van der Waals surface area contributed by atoms with Crippen LogP contribution in [-0.4, -0.2) is 48.9 Å². The van der Waals surface area contributed by atoms with Crippen LogP contribution in [0.25, 0.3) is 0 Å². The second-order valence-corrected chi connectivity index (χ2v) is 5.45. The summed E-state index contributed by atoms with van der Waals surface area (Å²) < 4.78 is 10.3. The van der Waals surface area contributed by atoms with Crippen LogP contribution in [0.15, 0.2) is 0 Å². The summed E-state index contributed by atoms with van der Waals surface area (Å²) in [5, 5.41) is 0. The Morgan fingerprint density at radius 2 is 2.12 bits per heavy atom. The Labute approximate surface area is 96.9 Å². The lowest BCUT2D eigenvalue weighted by atomic mass is 10.0. The van der Waals surface area contributed by atoms with Crippen molar-refractivity contribution in [3.8, 4) is 0 Å². The number of methoxy groups -OCH3 is 1. The minimum absolute atomic E-state index is 0.295. The number of amides is 1. The molecule has 1 unspecified atom stereocenters. The van der Waals surface area contributed by atoms with Crippen molar-refractivity contribution >= 4 is 6.09 Å². The lowest BCUT2D eigenvalue weighted by molar-refractivity contribution is 0.0273. The first-order valence-electron chi connectivity index (χ1n) is 5.51. The van der Waals surface area contributed by atoms with E-state index in [1.165, 1.54) is 0 Å². The molecule has 0 aromatic heterocycles. The number of likely N-dealkylation sites (tertiary alicyclic amines) is 1. The van der Waals surface area contributed by atoms with E-state index in [1.54, 1.807) is 12.0 Å². The van der Waals surface area contributed by atoms with Crippen molar-refractivity contribution in [3.63, 3.8) is 0 Å². The molecule has 1 aliphatic heterocycles. The van der Waals surface area contributed by atoms with Crippen LogP contribution in [-0.2, 0) is 9.47 Å². The average molecular weight is 230 g/mol. The maximum atomic E-state index is 11.8. The standard InChI is InChI=1S/C11H22N2O3/c1-10(2,3)16-9(14)13-6-5-11(12,7-13)8-15-4/h5-8,12H2,1-4H3. The highest BCUT2D eigenvalue weighted by Gasteiger charge is 2.38. The molecule has 0 saturated carbocycles. The number of ether oxygens (including phenoxy) is 2. The van der Waals surface area contributed by atoms with Gasteiger partial charge in [0.1, 0.15) is 5.60 Å². The third-order valence-corrected chi connectivity index (χ3v) is 2.47. The summed E-state index contributed by atoms with van der Waals surface area (Å²) in [4.78, 5) is 13.4. The zero-order valence-electron chi connectivity index (χ0n) is 10.6. The van der Waals surface area contributed by atoms with Gasteiger partial charge in [-0.25, -0.2) is 4.79 Å². The Hall–Kier alpha value is -0.810. The van der Waals surface area contributed by atoms with Crippen LogP contribution in [0.2, 0.25) is 0 Å². The molecule has 0 aromatic carbocycles. The van der Waals surface area contributed by atoms with E-state index in [0.717, 1.165) is 6.42 Å². The molecule has 0 aliphatic carbocycles. The molecule has 5 heteroatoms. The Morgan fingerprint density at radius 1 is 1.50 bits per heavy atom. The SMILES string of the molecule is COCC1(N)CCN(C(=O)OC(C)(C)C)C1. The van der Waals surface area contributed by atoms with E-state index in [0.29, 0.717) is 19.7 Å². The minimum atomic E-state index is -0.460. The molecule has 1 rings (SSSR count). The van der Waals surface area contributed by atoms with E-state index < -0.39 is 11.1 Å². The van der Waals surface area contributed by atoms with Gasteiger partial charge in [-0.1, -0.05) is 0 Å². The van der Waals surface area contributed by atoms with Crippen molar-refractivity contribution in [2.45, 2.75) is 38.3 Å². The van der Waals surface area contributed by atoms with Crippen LogP contribution >= 0.6 is 0 Å². The van der Waals surface area contributed by atoms with Gasteiger partial charge in [-0.3, -0.25) is 0 Å². The molecule has 94 valence electrons. The molecule has 1 heterocycles. The van der Waals surface area contributed by atoms with Crippen molar-refractivity contribution < 1.29 is 14.3 Å². The van der Waals surface area contributed by atoms with Crippen LogP contribution in [0.1, 0.15) is 27.2 Å². The number of nitrogens with zero attached hydrogens (tertiary/aromatic N) is 1. The number of carbonyl (C=O) groups excluding carboxylic acids is 1. The fourth-order valence-electron chi connectivity index (χ4n) is 1.78. The third kappa shape index (κ3) is 3.64. The summed E-state index contributed by atoms with van der Waals surface area (Å²) in [6.07, 6.45) is 0.455. The Morgan fingerprint density at radius 3 is 2.62 bits per heavy atom. The van der Waals surface area contributed by atoms with Gasteiger partial charge in [-0.2, -0.15) is 0 Å². The monoisotopic (exact) mass is 230 g/mol. The molecule has 1 fully saturated rings. The first kappa shape index (κ1) is 13.3. The molecule has 1 saturated heterocycles. The number of hydrogen-bond acceptors (Lipinski definition) is 4. The Kier molecular flexibility index (Phi) is 3.80. The number of carbonyl (C=O) groups is 1. The van der Waals surface area contributed by atoms with E-state index in [1.807, 2.05) is 20.8 Å². The Bertz CT molecular complexity index is 262. The van der Waals surface area contributed by atoms with Gasteiger partial charge in [-0.15, -0.1) is 0 Å². The molecule has 0 aromatic rings. The van der Waals surface area contributed by atoms with E-state index in [2.05, 4.69) is 0 Å². The lowest BCUT2D eigenvalue weighted by Gasteiger charge is -2.26. The van der Waals surface area contributed by atoms with E-state index in [-0.39, 0.29) is 6.09 Å². The highest BCUT2D eigenvalue weighted by atomic mass is 16.6. The van der Waals surface area contributed by atoms with Crippen molar-refractivity contribution in [1.82, 2.24) is 4.90 Å². The zero-order valence-corrected chi connectivity index (χ0v) is 10.6. The number of hydrogen-bond donors (Lipinski definition) is 1. The van der Waals surface area contributed by atoms with Crippen LogP contribution in [0.3, 0.4) is 0 Å². The Balaban J connectivity index is 2.50. The first-order chi connectivity index (χ1) is 7.26. The van der Waals surface area contributed by atoms with Crippen molar-refractivity contribution in [3.05, 3.63) is 0 Å². The van der Waals surface area contributed by atoms with Crippen LogP contribution in [0.5, 0.6) is 0 Å². The average Bonchev–Trinajstić information content (AvgIpc) is 2.45.